The quantitative estimate of drug-likeness (QED) is 0.796. The third kappa shape index (κ3) is 2.93. The molecule has 0 radical (unpaired) electrons. The van der Waals surface area contributed by atoms with Gasteiger partial charge in [-0.3, -0.25) is 4.98 Å². The number of hydrogen-bond acceptors (Lipinski definition) is 3. The Balaban J connectivity index is 2.33. The largest absolute Gasteiger partial charge is 0.465 e. The Kier molecular flexibility index (Phi) is 3.85. The molecule has 1 aromatic carbocycles. The van der Waals surface area contributed by atoms with Gasteiger partial charge in [-0.2, -0.15) is 0 Å². The third-order valence-corrected chi connectivity index (χ3v) is 2.66. The molecule has 2 rings (SSSR count). The van der Waals surface area contributed by atoms with E-state index in [1.54, 1.807) is 24.4 Å². The topological polar surface area (TPSA) is 39.2 Å². The summed E-state index contributed by atoms with van der Waals surface area (Å²) in [5, 5.41) is 0. The minimum Gasteiger partial charge on any atom is -0.465 e. The number of ether oxygens (including phenoxy) is 1. The lowest BCUT2D eigenvalue weighted by atomic mass is 10.0. The molecule has 3 nitrogen and oxygen atoms in total. The number of halogens is 2. The predicted octanol–water partition coefficient (Wildman–Crippen LogP) is 3.47. The van der Waals surface area contributed by atoms with Crippen LogP contribution in [0.25, 0.3) is 11.1 Å². The van der Waals surface area contributed by atoms with Gasteiger partial charge in [0.15, 0.2) is 0 Å². The molecule has 2 aromatic rings. The normalized spacial score (nSPS) is 10.5. The van der Waals surface area contributed by atoms with Gasteiger partial charge in [0.05, 0.1) is 12.7 Å². The number of nitrogens with zero attached hydrogens (tertiary/aromatic N) is 1. The number of hydrogen-bond donors (Lipinski definition) is 0. The zero-order valence-electron chi connectivity index (χ0n) is 10.1. The highest BCUT2D eigenvalue weighted by Gasteiger charge is 2.09. The van der Waals surface area contributed by atoms with Crippen LogP contribution in [0.2, 0.25) is 0 Å². The lowest BCUT2D eigenvalue weighted by Gasteiger charge is -2.05. The van der Waals surface area contributed by atoms with Crippen LogP contribution in [0, 0.1) is 0 Å². The van der Waals surface area contributed by atoms with Gasteiger partial charge >= 0.3 is 5.97 Å². The highest BCUT2D eigenvalue weighted by atomic mass is 19.3. The van der Waals surface area contributed by atoms with Gasteiger partial charge in [-0.1, -0.05) is 24.3 Å². The second-order valence-corrected chi connectivity index (χ2v) is 3.88. The predicted molar refractivity (Wildman–Crippen MR) is 66.0 cm³/mol. The lowest BCUT2D eigenvalue weighted by Crippen LogP contribution is -2.01. The Morgan fingerprint density at radius 3 is 2.42 bits per heavy atom. The van der Waals surface area contributed by atoms with Crippen LogP contribution in [0.4, 0.5) is 8.78 Å². The summed E-state index contributed by atoms with van der Waals surface area (Å²) in [5.41, 5.74) is 1.66. The zero-order valence-corrected chi connectivity index (χ0v) is 10.1. The van der Waals surface area contributed by atoms with Crippen LogP contribution >= 0.6 is 0 Å². The fourth-order valence-electron chi connectivity index (χ4n) is 1.65. The lowest BCUT2D eigenvalue weighted by molar-refractivity contribution is 0.0600. The van der Waals surface area contributed by atoms with Crippen molar-refractivity contribution in [2.24, 2.45) is 0 Å². The van der Waals surface area contributed by atoms with Crippen LogP contribution in [0.15, 0.2) is 42.7 Å². The van der Waals surface area contributed by atoms with E-state index in [1.165, 1.54) is 25.4 Å². The molecule has 0 unspecified atom stereocenters. The van der Waals surface area contributed by atoms with Crippen LogP contribution in [-0.2, 0) is 4.74 Å². The van der Waals surface area contributed by atoms with Crippen molar-refractivity contribution in [3.8, 4) is 11.1 Å². The van der Waals surface area contributed by atoms with Crippen molar-refractivity contribution in [2.75, 3.05) is 7.11 Å². The summed E-state index contributed by atoms with van der Waals surface area (Å²) >= 11 is 0. The molecule has 0 bridgehead atoms. The molecule has 0 amide bonds. The maximum Gasteiger partial charge on any atom is 0.339 e. The molecule has 0 saturated heterocycles. The Hall–Kier alpha value is -2.30. The minimum absolute atomic E-state index is 0.0409. The number of esters is 1. The smallest absolute Gasteiger partial charge is 0.339 e. The van der Waals surface area contributed by atoms with Gasteiger partial charge in [-0.15, -0.1) is 0 Å². The third-order valence-electron chi connectivity index (χ3n) is 2.66. The van der Waals surface area contributed by atoms with Crippen molar-refractivity contribution >= 4 is 5.97 Å². The van der Waals surface area contributed by atoms with Gasteiger partial charge in [-0.05, 0) is 11.6 Å². The Morgan fingerprint density at radius 1 is 1.16 bits per heavy atom. The first-order chi connectivity index (χ1) is 9.11. The number of pyridine rings is 1. The number of aromatic nitrogens is 1. The van der Waals surface area contributed by atoms with Crippen molar-refractivity contribution in [1.82, 2.24) is 4.98 Å². The van der Waals surface area contributed by atoms with Crippen LogP contribution in [0.1, 0.15) is 22.3 Å². The van der Waals surface area contributed by atoms with Gasteiger partial charge in [0.25, 0.3) is 6.43 Å². The number of rotatable bonds is 3. The number of benzene rings is 1. The van der Waals surface area contributed by atoms with E-state index >= 15 is 0 Å². The molecule has 0 N–H and O–H groups in total. The van der Waals surface area contributed by atoms with E-state index in [-0.39, 0.29) is 5.56 Å². The van der Waals surface area contributed by atoms with Crippen molar-refractivity contribution in [2.45, 2.75) is 6.43 Å². The maximum atomic E-state index is 12.4. The molecule has 0 aliphatic rings. The average molecular weight is 263 g/mol. The summed E-state index contributed by atoms with van der Waals surface area (Å²) in [6.45, 7) is 0. The van der Waals surface area contributed by atoms with Crippen molar-refractivity contribution < 1.29 is 18.3 Å². The Bertz CT molecular complexity index is 582. The van der Waals surface area contributed by atoms with Gasteiger partial charge in [0, 0.05) is 23.5 Å². The highest BCUT2D eigenvalue weighted by molar-refractivity contribution is 5.90. The molecule has 19 heavy (non-hydrogen) atoms. The van der Waals surface area contributed by atoms with Crippen molar-refractivity contribution in [1.29, 1.82) is 0 Å². The fraction of sp³-hybridized carbons (Fsp3) is 0.143. The summed E-state index contributed by atoms with van der Waals surface area (Å²) in [6.07, 6.45) is 0.459. The summed E-state index contributed by atoms with van der Waals surface area (Å²) in [5.74, 6) is -0.487. The van der Waals surface area contributed by atoms with E-state index in [4.69, 9.17) is 0 Å². The minimum atomic E-state index is -2.49. The first kappa shape index (κ1) is 13.1. The first-order valence-electron chi connectivity index (χ1n) is 5.53. The molecule has 1 heterocycles. The van der Waals surface area contributed by atoms with E-state index in [0.29, 0.717) is 16.7 Å². The molecule has 0 spiro atoms. The highest BCUT2D eigenvalue weighted by Crippen LogP contribution is 2.24. The fourth-order valence-corrected chi connectivity index (χ4v) is 1.65. The van der Waals surface area contributed by atoms with Gasteiger partial charge in [-0.25, -0.2) is 13.6 Å². The van der Waals surface area contributed by atoms with E-state index in [0.717, 1.165) is 0 Å². The summed E-state index contributed by atoms with van der Waals surface area (Å²) < 4.78 is 29.5. The van der Waals surface area contributed by atoms with Crippen molar-refractivity contribution in [3.63, 3.8) is 0 Å². The molecule has 1 aromatic heterocycles. The van der Waals surface area contributed by atoms with Crippen LogP contribution in [-0.4, -0.2) is 18.1 Å². The number of carbonyl (C=O) groups excluding carboxylic acids is 1. The van der Waals surface area contributed by atoms with Crippen LogP contribution in [0.3, 0.4) is 0 Å². The standard InChI is InChI=1S/C14H11F2NO2/c1-19-14(18)12-6-11(7-17-8-12)9-2-4-10(5-3-9)13(15)16/h2-8,13H,1H3. The van der Waals surface area contributed by atoms with Gasteiger partial charge in [0.1, 0.15) is 0 Å². The number of carbonyl (C=O) groups is 1. The Labute approximate surface area is 108 Å². The molecule has 0 aliphatic heterocycles. The molecule has 0 fully saturated rings. The Morgan fingerprint density at radius 2 is 1.84 bits per heavy atom. The first-order valence-corrected chi connectivity index (χ1v) is 5.53. The van der Waals surface area contributed by atoms with E-state index in [9.17, 15) is 13.6 Å². The van der Waals surface area contributed by atoms with Crippen LogP contribution in [0.5, 0.6) is 0 Å². The van der Waals surface area contributed by atoms with Gasteiger partial charge < -0.3 is 4.74 Å². The van der Waals surface area contributed by atoms with E-state index in [1.807, 2.05) is 0 Å². The second-order valence-electron chi connectivity index (χ2n) is 3.88. The number of methoxy groups -OCH3 is 1. The molecule has 0 saturated carbocycles. The van der Waals surface area contributed by atoms with E-state index in [2.05, 4.69) is 9.72 Å². The van der Waals surface area contributed by atoms with Gasteiger partial charge in [0.2, 0.25) is 0 Å². The SMILES string of the molecule is COC(=O)c1cncc(-c2ccc(C(F)F)cc2)c1. The summed E-state index contributed by atoms with van der Waals surface area (Å²) in [6, 6.07) is 7.45. The van der Waals surface area contributed by atoms with Crippen LogP contribution < -0.4 is 0 Å². The molecule has 5 heteroatoms. The summed E-state index contributed by atoms with van der Waals surface area (Å²) in [4.78, 5) is 15.3. The monoisotopic (exact) mass is 263 g/mol. The molecule has 0 atom stereocenters. The zero-order chi connectivity index (χ0) is 13.8. The van der Waals surface area contributed by atoms with E-state index < -0.39 is 12.4 Å². The molecular formula is C14H11F2NO2. The second kappa shape index (κ2) is 5.56. The van der Waals surface area contributed by atoms with Crippen molar-refractivity contribution in [3.05, 3.63) is 53.9 Å². The number of alkyl halides is 2. The molecule has 98 valence electrons. The average Bonchev–Trinajstić information content (AvgIpc) is 2.46. The maximum absolute atomic E-state index is 12.4. The molecule has 0 aliphatic carbocycles. The molecular weight excluding hydrogens is 252 g/mol. The summed E-state index contributed by atoms with van der Waals surface area (Å²) in [7, 11) is 1.28.